The third kappa shape index (κ3) is 5.12. The van der Waals surface area contributed by atoms with Crippen LogP contribution >= 0.6 is 0 Å². The Morgan fingerprint density at radius 3 is 2.89 bits per heavy atom. The molecule has 0 unspecified atom stereocenters. The van der Waals surface area contributed by atoms with Crippen LogP contribution in [-0.4, -0.2) is 37.9 Å². The van der Waals surface area contributed by atoms with Gasteiger partial charge in [0.2, 0.25) is 0 Å². The van der Waals surface area contributed by atoms with Gasteiger partial charge >= 0.3 is 0 Å². The molecule has 1 aromatic rings. The van der Waals surface area contributed by atoms with E-state index in [9.17, 15) is 4.79 Å². The van der Waals surface area contributed by atoms with Crippen molar-refractivity contribution in [3.63, 3.8) is 0 Å². The van der Waals surface area contributed by atoms with Crippen LogP contribution in [-0.2, 0) is 4.74 Å². The van der Waals surface area contributed by atoms with E-state index in [1.165, 1.54) is 0 Å². The van der Waals surface area contributed by atoms with Gasteiger partial charge < -0.3 is 15.2 Å². The topological polar surface area (TPSA) is 58.6 Å². The molecule has 1 aromatic carbocycles. The monoisotopic (exact) mass is 261 g/mol. The first-order valence-corrected chi connectivity index (χ1v) is 6.16. The maximum atomic E-state index is 11.8. The summed E-state index contributed by atoms with van der Waals surface area (Å²) < 4.78 is 4.87. The molecule has 4 nitrogen and oxygen atoms in total. The van der Waals surface area contributed by atoms with Crippen molar-refractivity contribution in [3.05, 3.63) is 34.9 Å². The van der Waals surface area contributed by atoms with Gasteiger partial charge in [-0.05, 0) is 30.7 Å². The molecule has 1 rings (SSSR count). The summed E-state index contributed by atoms with van der Waals surface area (Å²) in [6.07, 6.45) is 0.457. The standard InChI is InChI=1S/C15H19NO3/c1-12-11-14(15(18)16-8-10-19-2)7-6-13(12)5-3-4-9-17/h6-7,11,17H,4,8-10H2,1-2H3,(H,16,18). The first-order valence-electron chi connectivity index (χ1n) is 6.16. The van der Waals surface area contributed by atoms with Gasteiger partial charge in [-0.3, -0.25) is 4.79 Å². The van der Waals surface area contributed by atoms with Crippen LogP contribution in [0.1, 0.15) is 27.9 Å². The number of hydrogen-bond acceptors (Lipinski definition) is 3. The third-order valence-corrected chi connectivity index (χ3v) is 2.54. The normalized spacial score (nSPS) is 9.63. The summed E-state index contributed by atoms with van der Waals surface area (Å²) in [4.78, 5) is 11.8. The van der Waals surface area contributed by atoms with Crippen LogP contribution in [0.4, 0.5) is 0 Å². The molecule has 0 fully saturated rings. The first-order chi connectivity index (χ1) is 9.19. The van der Waals surface area contributed by atoms with Crippen molar-refractivity contribution in [1.82, 2.24) is 5.32 Å². The van der Waals surface area contributed by atoms with Gasteiger partial charge in [0.1, 0.15) is 0 Å². The highest BCUT2D eigenvalue weighted by molar-refractivity contribution is 5.94. The smallest absolute Gasteiger partial charge is 0.251 e. The van der Waals surface area contributed by atoms with Gasteiger partial charge in [0.25, 0.3) is 5.91 Å². The highest BCUT2D eigenvalue weighted by Gasteiger charge is 2.06. The molecule has 0 spiro atoms. The summed E-state index contributed by atoms with van der Waals surface area (Å²) in [7, 11) is 1.59. The SMILES string of the molecule is COCCNC(=O)c1ccc(C#CCCO)c(C)c1. The van der Waals surface area contributed by atoms with Crippen LogP contribution in [0.25, 0.3) is 0 Å². The number of rotatable bonds is 5. The Morgan fingerprint density at radius 2 is 2.26 bits per heavy atom. The van der Waals surface area contributed by atoms with Crippen LogP contribution in [0, 0.1) is 18.8 Å². The van der Waals surface area contributed by atoms with Gasteiger partial charge in [-0.2, -0.15) is 0 Å². The van der Waals surface area contributed by atoms with Crippen molar-refractivity contribution in [2.45, 2.75) is 13.3 Å². The zero-order chi connectivity index (χ0) is 14.1. The third-order valence-electron chi connectivity index (χ3n) is 2.54. The molecule has 0 radical (unpaired) electrons. The number of nitrogens with one attached hydrogen (secondary N) is 1. The van der Waals surface area contributed by atoms with Gasteiger partial charge in [0, 0.05) is 31.2 Å². The average Bonchev–Trinajstić information content (AvgIpc) is 2.41. The molecule has 4 heteroatoms. The lowest BCUT2D eigenvalue weighted by Gasteiger charge is -2.06. The predicted octanol–water partition coefficient (Wildman–Crippen LogP) is 1.11. The highest BCUT2D eigenvalue weighted by atomic mass is 16.5. The quantitative estimate of drug-likeness (QED) is 0.616. The maximum absolute atomic E-state index is 11.8. The molecule has 102 valence electrons. The molecule has 0 aliphatic rings. The molecule has 0 aromatic heterocycles. The van der Waals surface area contributed by atoms with Crippen molar-refractivity contribution in [3.8, 4) is 11.8 Å². The zero-order valence-electron chi connectivity index (χ0n) is 11.3. The van der Waals surface area contributed by atoms with Crippen molar-refractivity contribution in [1.29, 1.82) is 0 Å². The Bertz CT molecular complexity index is 486. The maximum Gasteiger partial charge on any atom is 0.251 e. The fourth-order valence-corrected chi connectivity index (χ4v) is 1.53. The number of ether oxygens (including phenoxy) is 1. The van der Waals surface area contributed by atoms with Crippen LogP contribution in [0.2, 0.25) is 0 Å². The summed E-state index contributed by atoms with van der Waals surface area (Å²) in [6.45, 7) is 2.96. The number of hydrogen-bond donors (Lipinski definition) is 2. The summed E-state index contributed by atoms with van der Waals surface area (Å²) in [6, 6.07) is 5.38. The largest absolute Gasteiger partial charge is 0.395 e. The van der Waals surface area contributed by atoms with Gasteiger partial charge in [0.05, 0.1) is 13.2 Å². The number of aryl methyl sites for hydroxylation is 1. The summed E-state index contributed by atoms with van der Waals surface area (Å²) in [5.74, 6) is 5.72. The second-order valence-corrected chi connectivity index (χ2v) is 4.05. The zero-order valence-corrected chi connectivity index (χ0v) is 11.3. The predicted molar refractivity (Wildman–Crippen MR) is 74.0 cm³/mol. The molecule has 0 aliphatic carbocycles. The van der Waals surface area contributed by atoms with E-state index in [-0.39, 0.29) is 12.5 Å². The Morgan fingerprint density at radius 1 is 1.47 bits per heavy atom. The Labute approximate surface area is 113 Å². The van der Waals surface area contributed by atoms with Gasteiger partial charge in [-0.25, -0.2) is 0 Å². The van der Waals surface area contributed by atoms with Gasteiger partial charge in [-0.1, -0.05) is 11.8 Å². The van der Waals surface area contributed by atoms with Crippen LogP contribution in [0.5, 0.6) is 0 Å². The minimum atomic E-state index is -0.116. The van der Waals surface area contributed by atoms with Crippen LogP contribution < -0.4 is 5.32 Å². The van der Waals surface area contributed by atoms with Crippen molar-refractivity contribution < 1.29 is 14.6 Å². The number of methoxy groups -OCH3 is 1. The number of aliphatic hydroxyl groups excluding tert-OH is 1. The lowest BCUT2D eigenvalue weighted by atomic mass is 10.0. The molecule has 0 saturated heterocycles. The minimum Gasteiger partial charge on any atom is -0.395 e. The lowest BCUT2D eigenvalue weighted by molar-refractivity contribution is 0.0937. The van der Waals surface area contributed by atoms with E-state index in [1.54, 1.807) is 13.2 Å². The number of amides is 1. The summed E-state index contributed by atoms with van der Waals surface area (Å²) >= 11 is 0. The Hall–Kier alpha value is -1.83. The highest BCUT2D eigenvalue weighted by Crippen LogP contribution is 2.10. The van der Waals surface area contributed by atoms with Crippen molar-refractivity contribution >= 4 is 5.91 Å². The van der Waals surface area contributed by atoms with E-state index >= 15 is 0 Å². The molecule has 0 atom stereocenters. The molecule has 1 amide bonds. The lowest BCUT2D eigenvalue weighted by Crippen LogP contribution is -2.26. The molecule has 19 heavy (non-hydrogen) atoms. The van der Waals surface area contributed by atoms with E-state index in [1.807, 2.05) is 19.1 Å². The van der Waals surface area contributed by atoms with Crippen molar-refractivity contribution in [2.75, 3.05) is 26.9 Å². The molecular formula is C15H19NO3. The van der Waals surface area contributed by atoms with E-state index in [4.69, 9.17) is 9.84 Å². The van der Waals surface area contributed by atoms with E-state index in [0.29, 0.717) is 25.1 Å². The number of aliphatic hydroxyl groups is 1. The number of carbonyl (C=O) groups is 1. The molecule has 2 N–H and O–H groups in total. The van der Waals surface area contributed by atoms with E-state index in [2.05, 4.69) is 17.2 Å². The molecule has 0 aliphatic heterocycles. The average molecular weight is 261 g/mol. The van der Waals surface area contributed by atoms with Gasteiger partial charge in [0.15, 0.2) is 0 Å². The van der Waals surface area contributed by atoms with E-state index in [0.717, 1.165) is 11.1 Å². The van der Waals surface area contributed by atoms with Crippen LogP contribution in [0.15, 0.2) is 18.2 Å². The molecule has 0 bridgehead atoms. The number of benzene rings is 1. The Balaban J connectivity index is 2.71. The second kappa shape index (κ2) is 8.30. The van der Waals surface area contributed by atoms with Crippen molar-refractivity contribution in [2.24, 2.45) is 0 Å². The fraction of sp³-hybridized carbons (Fsp3) is 0.400. The Kier molecular flexibility index (Phi) is 6.65. The molecule has 0 saturated carbocycles. The van der Waals surface area contributed by atoms with Gasteiger partial charge in [-0.15, -0.1) is 0 Å². The molecule has 0 heterocycles. The van der Waals surface area contributed by atoms with Crippen LogP contribution in [0.3, 0.4) is 0 Å². The number of carbonyl (C=O) groups excluding carboxylic acids is 1. The molecular weight excluding hydrogens is 242 g/mol. The van der Waals surface area contributed by atoms with E-state index < -0.39 is 0 Å². The summed E-state index contributed by atoms with van der Waals surface area (Å²) in [5, 5.41) is 11.4. The fourth-order valence-electron chi connectivity index (χ4n) is 1.53. The summed E-state index contributed by atoms with van der Waals surface area (Å²) in [5.41, 5.74) is 2.44. The second-order valence-electron chi connectivity index (χ2n) is 4.05. The first kappa shape index (κ1) is 15.2. The minimum absolute atomic E-state index is 0.0615.